The van der Waals surface area contributed by atoms with E-state index in [-0.39, 0.29) is 35.0 Å². The number of carbonyl (C=O) groups excluding carboxylic acids is 1. The first kappa shape index (κ1) is 22.6. The van der Waals surface area contributed by atoms with E-state index in [1.165, 1.54) is 13.2 Å². The molecule has 0 spiro atoms. The molecule has 10 nitrogen and oxygen atoms in total. The van der Waals surface area contributed by atoms with Crippen LogP contribution in [0.1, 0.15) is 66.8 Å². The van der Waals surface area contributed by atoms with Gasteiger partial charge in [0.25, 0.3) is 5.91 Å². The number of benzene rings is 1. The number of carbonyl (C=O) groups is 1. The fraction of sp³-hybridized carbons (Fsp3) is 0.375. The van der Waals surface area contributed by atoms with Crippen molar-refractivity contribution in [3.63, 3.8) is 0 Å². The second-order valence-electron chi connectivity index (χ2n) is 8.65. The van der Waals surface area contributed by atoms with Crippen molar-refractivity contribution in [1.29, 1.82) is 5.26 Å². The maximum absolute atomic E-state index is 14.5. The number of nitrogens with zero attached hydrogens (tertiary/aromatic N) is 6. The van der Waals surface area contributed by atoms with Crippen LogP contribution in [0.15, 0.2) is 24.7 Å². The maximum Gasteiger partial charge on any atom is 0.251 e. The van der Waals surface area contributed by atoms with Gasteiger partial charge in [-0.05, 0) is 25.3 Å². The number of hydrogen-bond donors (Lipinski definition) is 2. The van der Waals surface area contributed by atoms with Crippen molar-refractivity contribution in [2.45, 2.75) is 51.1 Å². The van der Waals surface area contributed by atoms with Gasteiger partial charge in [0.1, 0.15) is 29.7 Å². The third-order valence-electron chi connectivity index (χ3n) is 6.72. The third-order valence-corrected chi connectivity index (χ3v) is 6.72. The summed E-state index contributed by atoms with van der Waals surface area (Å²) in [7, 11) is 1.41. The Morgan fingerprint density at radius 2 is 2.11 bits per heavy atom. The Morgan fingerprint density at radius 1 is 1.34 bits per heavy atom. The van der Waals surface area contributed by atoms with Crippen LogP contribution in [0.3, 0.4) is 0 Å². The molecular formula is C24H25FN8O2. The molecular weight excluding hydrogens is 451 g/mol. The molecule has 5 rings (SSSR count). The summed E-state index contributed by atoms with van der Waals surface area (Å²) < 4.78 is 21.7. The van der Waals surface area contributed by atoms with Gasteiger partial charge in [-0.25, -0.2) is 14.4 Å². The molecule has 3 aromatic rings. The van der Waals surface area contributed by atoms with Gasteiger partial charge < -0.3 is 20.7 Å². The predicted molar refractivity (Wildman–Crippen MR) is 126 cm³/mol. The number of anilines is 3. The minimum Gasteiger partial charge on any atom is -0.495 e. The van der Waals surface area contributed by atoms with Crippen molar-refractivity contribution in [3.8, 4) is 17.5 Å². The summed E-state index contributed by atoms with van der Waals surface area (Å²) in [6.07, 6.45) is 8.42. The standard InChI is InChI=1S/C24H25FN8O2/c1-3-18-21-17(10-26)29-12-32(21)19-11-28-24(31-23(19)33(18)13-6-4-5-7-13)30-16-9-15(25)14(22(27)34)8-20(16)35-2/h8-9,11-13,18H,3-7H2,1-2H3,(H2,27,34)(H,28,30,31)/t18-/m1/s1. The number of imidazole rings is 1. The fourth-order valence-electron chi connectivity index (χ4n) is 5.15. The normalized spacial score (nSPS) is 17.0. The highest BCUT2D eigenvalue weighted by molar-refractivity contribution is 5.94. The van der Waals surface area contributed by atoms with E-state index in [1.54, 1.807) is 12.5 Å². The van der Waals surface area contributed by atoms with Gasteiger partial charge >= 0.3 is 0 Å². The van der Waals surface area contributed by atoms with Gasteiger partial charge in [0, 0.05) is 12.1 Å². The van der Waals surface area contributed by atoms with Crippen LogP contribution in [0, 0.1) is 17.1 Å². The van der Waals surface area contributed by atoms with Crippen LogP contribution in [0.25, 0.3) is 5.69 Å². The summed E-state index contributed by atoms with van der Waals surface area (Å²) in [6, 6.07) is 4.82. The molecule has 0 bridgehead atoms. The summed E-state index contributed by atoms with van der Waals surface area (Å²) in [6.45, 7) is 2.09. The molecule has 2 aliphatic rings. The number of fused-ring (bicyclic) bond motifs is 3. The van der Waals surface area contributed by atoms with E-state index in [2.05, 4.69) is 33.2 Å². The molecule has 0 unspecified atom stereocenters. The second-order valence-corrected chi connectivity index (χ2v) is 8.65. The molecule has 2 aromatic heterocycles. The molecule has 1 fully saturated rings. The molecule has 1 aromatic carbocycles. The zero-order valence-corrected chi connectivity index (χ0v) is 19.5. The molecule has 35 heavy (non-hydrogen) atoms. The molecule has 0 saturated heterocycles. The van der Waals surface area contributed by atoms with E-state index in [1.807, 2.05) is 4.57 Å². The summed E-state index contributed by atoms with van der Waals surface area (Å²) in [5.41, 5.74) is 7.25. The van der Waals surface area contributed by atoms with E-state index in [0.717, 1.165) is 55.4 Å². The lowest BCUT2D eigenvalue weighted by atomic mass is 10.0. The monoisotopic (exact) mass is 476 g/mol. The quantitative estimate of drug-likeness (QED) is 0.549. The smallest absolute Gasteiger partial charge is 0.251 e. The van der Waals surface area contributed by atoms with Crippen molar-refractivity contribution in [2.24, 2.45) is 5.73 Å². The van der Waals surface area contributed by atoms with E-state index in [0.29, 0.717) is 5.69 Å². The van der Waals surface area contributed by atoms with Crippen molar-refractivity contribution < 1.29 is 13.9 Å². The number of halogens is 1. The molecule has 3 N–H and O–H groups in total. The molecule has 1 aliphatic carbocycles. The lowest BCUT2D eigenvalue weighted by Gasteiger charge is -2.41. The number of aromatic nitrogens is 4. The number of ether oxygens (including phenoxy) is 1. The van der Waals surface area contributed by atoms with Gasteiger partial charge in [-0.15, -0.1) is 0 Å². The van der Waals surface area contributed by atoms with E-state index >= 15 is 0 Å². The van der Waals surface area contributed by atoms with Crippen LogP contribution in [-0.2, 0) is 0 Å². The largest absolute Gasteiger partial charge is 0.495 e. The highest BCUT2D eigenvalue weighted by Crippen LogP contribution is 2.44. The summed E-state index contributed by atoms with van der Waals surface area (Å²) in [5, 5.41) is 12.7. The van der Waals surface area contributed by atoms with Gasteiger partial charge in [0.05, 0.1) is 36.3 Å². The molecule has 1 atom stereocenters. The third kappa shape index (κ3) is 3.71. The lowest BCUT2D eigenvalue weighted by Crippen LogP contribution is -2.42. The second kappa shape index (κ2) is 8.87. The number of rotatable bonds is 6. The van der Waals surface area contributed by atoms with Gasteiger partial charge in [-0.3, -0.25) is 9.36 Å². The van der Waals surface area contributed by atoms with Crippen molar-refractivity contribution in [1.82, 2.24) is 19.5 Å². The average molecular weight is 477 g/mol. The van der Waals surface area contributed by atoms with E-state index in [9.17, 15) is 14.4 Å². The Labute approximate surface area is 201 Å². The molecule has 1 aliphatic heterocycles. The summed E-state index contributed by atoms with van der Waals surface area (Å²) >= 11 is 0. The Bertz CT molecular complexity index is 1340. The number of hydrogen-bond acceptors (Lipinski definition) is 8. The number of primary amides is 1. The van der Waals surface area contributed by atoms with E-state index < -0.39 is 11.7 Å². The first-order chi connectivity index (χ1) is 17.0. The zero-order valence-electron chi connectivity index (χ0n) is 19.5. The van der Waals surface area contributed by atoms with E-state index in [4.69, 9.17) is 15.5 Å². The Morgan fingerprint density at radius 3 is 2.77 bits per heavy atom. The summed E-state index contributed by atoms with van der Waals surface area (Å²) in [4.78, 5) is 27.4. The van der Waals surface area contributed by atoms with Gasteiger partial charge in [0.2, 0.25) is 5.95 Å². The molecule has 180 valence electrons. The van der Waals surface area contributed by atoms with Crippen LogP contribution >= 0.6 is 0 Å². The van der Waals surface area contributed by atoms with Crippen LogP contribution in [0.5, 0.6) is 5.75 Å². The Balaban J connectivity index is 1.61. The SMILES string of the molecule is CC[C@@H]1c2c(C#N)ncn2-c2cnc(Nc3cc(F)c(C(N)=O)cc3OC)nc2N1C1CCCC1. The van der Waals surface area contributed by atoms with Gasteiger partial charge in [-0.2, -0.15) is 10.2 Å². The average Bonchev–Trinajstić information content (AvgIpc) is 3.53. The molecule has 0 radical (unpaired) electrons. The van der Waals surface area contributed by atoms with Crippen molar-refractivity contribution >= 4 is 23.4 Å². The molecule has 3 heterocycles. The topological polar surface area (TPSA) is 135 Å². The molecule has 11 heteroatoms. The highest BCUT2D eigenvalue weighted by atomic mass is 19.1. The first-order valence-corrected chi connectivity index (χ1v) is 11.5. The first-order valence-electron chi connectivity index (χ1n) is 11.5. The fourth-order valence-corrected chi connectivity index (χ4v) is 5.15. The number of methoxy groups -OCH3 is 1. The van der Waals surface area contributed by atoms with Crippen LogP contribution in [0.4, 0.5) is 21.8 Å². The summed E-state index contributed by atoms with van der Waals surface area (Å²) in [5.74, 6) is -0.456. The van der Waals surface area contributed by atoms with Crippen LogP contribution in [0.2, 0.25) is 0 Å². The number of nitrogens with one attached hydrogen (secondary N) is 1. The van der Waals surface area contributed by atoms with Crippen molar-refractivity contribution in [3.05, 3.63) is 47.4 Å². The van der Waals surface area contributed by atoms with Crippen molar-refractivity contribution in [2.75, 3.05) is 17.3 Å². The van der Waals surface area contributed by atoms with Crippen LogP contribution in [-0.4, -0.2) is 38.6 Å². The number of nitrogens with two attached hydrogens (primary N) is 1. The van der Waals surface area contributed by atoms with Crippen LogP contribution < -0.4 is 20.7 Å². The number of nitriles is 1. The molecule has 1 saturated carbocycles. The Hall–Kier alpha value is -4.20. The zero-order chi connectivity index (χ0) is 24.7. The molecule has 1 amide bonds. The minimum atomic E-state index is -0.886. The lowest BCUT2D eigenvalue weighted by molar-refractivity contribution is 0.0996. The highest BCUT2D eigenvalue weighted by Gasteiger charge is 2.39. The maximum atomic E-state index is 14.5. The van der Waals surface area contributed by atoms with Gasteiger partial charge in [-0.1, -0.05) is 19.8 Å². The Kier molecular flexibility index (Phi) is 5.72. The van der Waals surface area contributed by atoms with Gasteiger partial charge in [0.15, 0.2) is 11.5 Å². The minimum absolute atomic E-state index is 0.0627. The number of amides is 1. The predicted octanol–water partition coefficient (Wildman–Crippen LogP) is 3.74.